The van der Waals surface area contributed by atoms with Crippen LogP contribution in [0.4, 0.5) is 0 Å². The van der Waals surface area contributed by atoms with E-state index in [1.807, 2.05) is 49.0 Å². The highest BCUT2D eigenvalue weighted by Crippen LogP contribution is 2.25. The van der Waals surface area contributed by atoms with E-state index >= 15 is 0 Å². The Morgan fingerprint density at radius 3 is 2.50 bits per heavy atom. The highest BCUT2D eigenvalue weighted by Gasteiger charge is 2.13. The maximum Gasteiger partial charge on any atom is 0.233 e. The van der Waals surface area contributed by atoms with Crippen LogP contribution in [0.5, 0.6) is 5.75 Å². The SMILES string of the molecule is COc1ccc(S[C@H](C)C(=O)NCCSCc2ccccc2)cc1. The van der Waals surface area contributed by atoms with Crippen molar-refractivity contribution in [2.75, 3.05) is 19.4 Å². The number of rotatable bonds is 9. The molecule has 0 unspecified atom stereocenters. The first-order valence-corrected chi connectivity index (χ1v) is 9.92. The molecule has 128 valence electrons. The van der Waals surface area contributed by atoms with Crippen molar-refractivity contribution in [2.45, 2.75) is 22.8 Å². The Morgan fingerprint density at radius 1 is 1.12 bits per heavy atom. The average molecular weight is 362 g/mol. The van der Waals surface area contributed by atoms with E-state index < -0.39 is 0 Å². The van der Waals surface area contributed by atoms with Crippen LogP contribution in [0.25, 0.3) is 0 Å². The fourth-order valence-corrected chi connectivity index (χ4v) is 3.78. The van der Waals surface area contributed by atoms with Gasteiger partial charge in [-0.05, 0) is 36.8 Å². The molecule has 2 aromatic rings. The van der Waals surface area contributed by atoms with Gasteiger partial charge in [0.25, 0.3) is 0 Å². The van der Waals surface area contributed by atoms with Crippen LogP contribution in [-0.2, 0) is 10.5 Å². The molecule has 0 saturated heterocycles. The largest absolute Gasteiger partial charge is 0.497 e. The predicted molar refractivity (Wildman–Crippen MR) is 104 cm³/mol. The van der Waals surface area contributed by atoms with Gasteiger partial charge in [0, 0.05) is 22.9 Å². The monoisotopic (exact) mass is 361 g/mol. The maximum absolute atomic E-state index is 12.1. The third-order valence-corrected chi connectivity index (χ3v) is 5.54. The summed E-state index contributed by atoms with van der Waals surface area (Å²) in [6.07, 6.45) is 0. The predicted octanol–water partition coefficient (Wildman–Crippen LogP) is 4.23. The fraction of sp³-hybridized carbons (Fsp3) is 0.316. The first-order chi connectivity index (χ1) is 11.7. The summed E-state index contributed by atoms with van der Waals surface area (Å²) < 4.78 is 5.14. The summed E-state index contributed by atoms with van der Waals surface area (Å²) in [4.78, 5) is 13.2. The van der Waals surface area contributed by atoms with E-state index in [0.717, 1.165) is 22.2 Å². The molecule has 0 aromatic heterocycles. The van der Waals surface area contributed by atoms with Crippen LogP contribution in [0.1, 0.15) is 12.5 Å². The normalized spacial score (nSPS) is 11.8. The van der Waals surface area contributed by atoms with Crippen LogP contribution in [0.15, 0.2) is 59.5 Å². The molecule has 0 fully saturated rings. The van der Waals surface area contributed by atoms with Gasteiger partial charge < -0.3 is 10.1 Å². The van der Waals surface area contributed by atoms with E-state index in [4.69, 9.17) is 4.74 Å². The first-order valence-electron chi connectivity index (χ1n) is 7.89. The Hall–Kier alpha value is -1.59. The van der Waals surface area contributed by atoms with Crippen molar-refractivity contribution in [1.29, 1.82) is 0 Å². The molecule has 0 aliphatic rings. The number of nitrogens with one attached hydrogen (secondary N) is 1. The van der Waals surface area contributed by atoms with E-state index in [9.17, 15) is 4.79 Å². The van der Waals surface area contributed by atoms with Gasteiger partial charge in [0.1, 0.15) is 5.75 Å². The third kappa shape index (κ3) is 6.49. The standard InChI is InChI=1S/C19H23NO2S2/c1-15(24-18-10-8-17(22-2)9-11-18)19(21)20-12-13-23-14-16-6-4-3-5-7-16/h3-11,15H,12-14H2,1-2H3,(H,20,21)/t15-/m1/s1. The average Bonchev–Trinajstić information content (AvgIpc) is 2.62. The number of methoxy groups -OCH3 is 1. The van der Waals surface area contributed by atoms with Crippen molar-refractivity contribution < 1.29 is 9.53 Å². The van der Waals surface area contributed by atoms with E-state index in [2.05, 4.69) is 29.6 Å². The first kappa shape index (κ1) is 18.7. The van der Waals surface area contributed by atoms with Gasteiger partial charge in [-0.1, -0.05) is 30.3 Å². The lowest BCUT2D eigenvalue weighted by molar-refractivity contribution is -0.120. The van der Waals surface area contributed by atoms with E-state index in [0.29, 0.717) is 6.54 Å². The minimum absolute atomic E-state index is 0.0797. The summed E-state index contributed by atoms with van der Waals surface area (Å²) in [6, 6.07) is 18.1. The lowest BCUT2D eigenvalue weighted by Crippen LogP contribution is -2.32. The van der Waals surface area contributed by atoms with Gasteiger partial charge >= 0.3 is 0 Å². The van der Waals surface area contributed by atoms with Crippen LogP contribution in [0.2, 0.25) is 0 Å². The smallest absolute Gasteiger partial charge is 0.233 e. The third-order valence-electron chi connectivity index (χ3n) is 3.40. The minimum Gasteiger partial charge on any atom is -0.497 e. The molecule has 1 N–H and O–H groups in total. The van der Waals surface area contributed by atoms with Gasteiger partial charge in [0.2, 0.25) is 5.91 Å². The van der Waals surface area contributed by atoms with Gasteiger partial charge in [-0.2, -0.15) is 11.8 Å². The Balaban J connectivity index is 1.64. The number of carbonyl (C=O) groups excluding carboxylic acids is 1. The summed E-state index contributed by atoms with van der Waals surface area (Å²) >= 11 is 3.39. The van der Waals surface area contributed by atoms with E-state index in [-0.39, 0.29) is 11.2 Å². The van der Waals surface area contributed by atoms with E-state index in [1.54, 1.807) is 18.9 Å². The number of amides is 1. The second kappa shape index (κ2) is 10.3. The zero-order valence-corrected chi connectivity index (χ0v) is 15.7. The Bertz CT molecular complexity index is 617. The fourth-order valence-electron chi connectivity index (χ4n) is 2.07. The second-order valence-electron chi connectivity index (χ2n) is 5.26. The molecule has 0 heterocycles. The number of ether oxygens (including phenoxy) is 1. The molecular weight excluding hydrogens is 338 g/mol. The Morgan fingerprint density at radius 2 is 1.83 bits per heavy atom. The van der Waals surface area contributed by atoms with Crippen molar-refractivity contribution in [3.05, 3.63) is 60.2 Å². The van der Waals surface area contributed by atoms with Crippen molar-refractivity contribution in [1.82, 2.24) is 5.32 Å². The molecule has 0 radical (unpaired) electrons. The number of carbonyl (C=O) groups is 1. The number of hydrogen-bond acceptors (Lipinski definition) is 4. The topological polar surface area (TPSA) is 38.3 Å². The molecule has 1 amide bonds. The molecule has 0 saturated carbocycles. The van der Waals surface area contributed by atoms with Crippen LogP contribution >= 0.6 is 23.5 Å². The molecule has 5 heteroatoms. The van der Waals surface area contributed by atoms with Crippen molar-refractivity contribution in [2.24, 2.45) is 0 Å². The summed E-state index contributed by atoms with van der Waals surface area (Å²) in [6.45, 7) is 2.63. The minimum atomic E-state index is -0.113. The molecule has 0 bridgehead atoms. The lowest BCUT2D eigenvalue weighted by Gasteiger charge is -2.12. The molecule has 2 rings (SSSR count). The number of thioether (sulfide) groups is 2. The van der Waals surface area contributed by atoms with Crippen LogP contribution < -0.4 is 10.1 Å². The van der Waals surface area contributed by atoms with Gasteiger partial charge in [0.15, 0.2) is 0 Å². The zero-order valence-electron chi connectivity index (χ0n) is 14.0. The second-order valence-corrected chi connectivity index (χ2v) is 7.78. The summed E-state index contributed by atoms with van der Waals surface area (Å²) in [5.41, 5.74) is 1.32. The van der Waals surface area contributed by atoms with Gasteiger partial charge in [-0.15, -0.1) is 11.8 Å². The maximum atomic E-state index is 12.1. The highest BCUT2D eigenvalue weighted by molar-refractivity contribution is 8.00. The molecular formula is C19H23NO2S2. The number of benzene rings is 2. The van der Waals surface area contributed by atoms with Crippen LogP contribution in [0.3, 0.4) is 0 Å². The highest BCUT2D eigenvalue weighted by atomic mass is 32.2. The van der Waals surface area contributed by atoms with Gasteiger partial charge in [0.05, 0.1) is 12.4 Å². The number of hydrogen-bond donors (Lipinski definition) is 1. The molecule has 0 aliphatic heterocycles. The van der Waals surface area contributed by atoms with Crippen LogP contribution in [0, 0.1) is 0 Å². The molecule has 24 heavy (non-hydrogen) atoms. The van der Waals surface area contributed by atoms with Gasteiger partial charge in [-0.3, -0.25) is 4.79 Å². The van der Waals surface area contributed by atoms with Gasteiger partial charge in [-0.25, -0.2) is 0 Å². The molecule has 1 atom stereocenters. The van der Waals surface area contributed by atoms with Crippen molar-refractivity contribution in [3.8, 4) is 5.75 Å². The molecule has 2 aromatic carbocycles. The van der Waals surface area contributed by atoms with Crippen molar-refractivity contribution in [3.63, 3.8) is 0 Å². The zero-order chi connectivity index (χ0) is 17.2. The van der Waals surface area contributed by atoms with Crippen molar-refractivity contribution >= 4 is 29.4 Å². The quantitative estimate of drug-likeness (QED) is 0.536. The summed E-state index contributed by atoms with van der Waals surface area (Å²) in [5, 5.41) is 2.89. The molecule has 3 nitrogen and oxygen atoms in total. The molecule has 0 spiro atoms. The Labute approximate surface area is 152 Å². The van der Waals surface area contributed by atoms with E-state index in [1.165, 1.54) is 5.56 Å². The molecule has 0 aliphatic carbocycles. The summed E-state index contributed by atoms with van der Waals surface area (Å²) in [7, 11) is 1.65. The van der Waals surface area contributed by atoms with Crippen LogP contribution in [-0.4, -0.2) is 30.6 Å². The Kier molecular flexibility index (Phi) is 8.05. The lowest BCUT2D eigenvalue weighted by atomic mass is 10.2. The summed E-state index contributed by atoms with van der Waals surface area (Å²) in [5.74, 6) is 2.80.